The molecule has 1 aliphatic rings. The van der Waals surface area contributed by atoms with E-state index in [0.29, 0.717) is 22.4 Å². The smallest absolute Gasteiger partial charge is 0.410 e. The van der Waals surface area contributed by atoms with Gasteiger partial charge >= 0.3 is 6.18 Å². The topological polar surface area (TPSA) is 38.9 Å². The number of fused-ring (bicyclic) bond motifs is 3. The van der Waals surface area contributed by atoms with Crippen LogP contribution in [0.15, 0.2) is 64.2 Å². The van der Waals surface area contributed by atoms with E-state index in [4.69, 9.17) is 4.42 Å². The maximum atomic E-state index is 12.9. The average molecular weight is 445 g/mol. The van der Waals surface area contributed by atoms with Gasteiger partial charge in [-0.25, -0.2) is 0 Å². The summed E-state index contributed by atoms with van der Waals surface area (Å²) in [5, 5.41) is 8.55. The summed E-state index contributed by atoms with van der Waals surface area (Å²) in [6.07, 6.45) is -2.36. The fourth-order valence-electron chi connectivity index (χ4n) is 3.53. The van der Waals surface area contributed by atoms with Gasteiger partial charge in [-0.3, -0.25) is 0 Å². The van der Waals surface area contributed by atoms with Crippen molar-refractivity contribution in [1.29, 1.82) is 0 Å². The Labute approximate surface area is 179 Å². The maximum Gasteiger partial charge on any atom is 0.416 e. The van der Waals surface area contributed by atoms with Crippen LogP contribution in [0.3, 0.4) is 0 Å². The first-order valence-electron chi connectivity index (χ1n) is 9.31. The third-order valence-electron chi connectivity index (χ3n) is 4.97. The zero-order valence-corrected chi connectivity index (χ0v) is 17.2. The summed E-state index contributed by atoms with van der Waals surface area (Å²) >= 11 is 2.86. The van der Waals surface area contributed by atoms with Gasteiger partial charge in [-0.15, -0.1) is 21.5 Å². The van der Waals surface area contributed by atoms with Crippen molar-refractivity contribution in [2.75, 3.05) is 0 Å². The highest BCUT2D eigenvalue weighted by molar-refractivity contribution is 7.98. The molecule has 3 nitrogen and oxygen atoms in total. The van der Waals surface area contributed by atoms with Gasteiger partial charge in [0.1, 0.15) is 0 Å². The molecule has 4 aromatic rings. The van der Waals surface area contributed by atoms with Gasteiger partial charge in [-0.1, -0.05) is 54.2 Å². The van der Waals surface area contributed by atoms with E-state index in [1.165, 1.54) is 39.4 Å². The van der Waals surface area contributed by atoms with Crippen molar-refractivity contribution in [2.24, 2.45) is 0 Å². The van der Waals surface area contributed by atoms with E-state index >= 15 is 0 Å². The molecule has 0 saturated carbocycles. The molecule has 0 saturated heterocycles. The Morgan fingerprint density at radius 2 is 1.80 bits per heavy atom. The van der Waals surface area contributed by atoms with Crippen LogP contribution in [0.5, 0.6) is 0 Å². The third-order valence-corrected chi connectivity index (χ3v) is 7.06. The van der Waals surface area contributed by atoms with Gasteiger partial charge in [0.05, 0.1) is 10.4 Å². The molecule has 152 valence electrons. The lowest BCUT2D eigenvalue weighted by atomic mass is 9.91. The van der Waals surface area contributed by atoms with Gasteiger partial charge in [0.15, 0.2) is 0 Å². The van der Waals surface area contributed by atoms with Crippen LogP contribution in [0, 0.1) is 0 Å². The van der Waals surface area contributed by atoms with Crippen LogP contribution in [0.1, 0.15) is 22.3 Å². The van der Waals surface area contributed by atoms with E-state index in [1.807, 2.05) is 6.07 Å². The van der Waals surface area contributed by atoms with Gasteiger partial charge in [0, 0.05) is 10.6 Å². The second-order valence-corrected chi connectivity index (χ2v) is 8.96. The Kier molecular flexibility index (Phi) is 4.91. The van der Waals surface area contributed by atoms with Gasteiger partial charge < -0.3 is 4.42 Å². The molecule has 0 aliphatic heterocycles. The van der Waals surface area contributed by atoms with E-state index in [2.05, 4.69) is 34.5 Å². The summed E-state index contributed by atoms with van der Waals surface area (Å²) in [6, 6.07) is 15.8. The normalized spacial score (nSPS) is 13.2. The summed E-state index contributed by atoms with van der Waals surface area (Å²) < 4.78 is 44.4. The summed E-state index contributed by atoms with van der Waals surface area (Å²) in [7, 11) is 0. The van der Waals surface area contributed by atoms with Crippen LogP contribution >= 0.6 is 23.1 Å². The molecule has 2 aromatic heterocycles. The average Bonchev–Trinajstić information content (AvgIpc) is 3.39. The van der Waals surface area contributed by atoms with Crippen LogP contribution < -0.4 is 0 Å². The van der Waals surface area contributed by atoms with E-state index < -0.39 is 11.7 Å². The number of aromatic nitrogens is 2. The number of nitrogens with zero attached hydrogens (tertiary/aromatic N) is 2. The van der Waals surface area contributed by atoms with Crippen molar-refractivity contribution in [1.82, 2.24) is 10.2 Å². The van der Waals surface area contributed by atoms with Gasteiger partial charge in [0.25, 0.3) is 11.1 Å². The summed E-state index contributed by atoms with van der Waals surface area (Å²) in [5.74, 6) is 0.762. The first kappa shape index (κ1) is 19.4. The number of alkyl halides is 3. The molecule has 0 atom stereocenters. The monoisotopic (exact) mass is 444 g/mol. The van der Waals surface area contributed by atoms with Crippen molar-refractivity contribution in [2.45, 2.75) is 30.0 Å². The van der Waals surface area contributed by atoms with Crippen LogP contribution in [0.4, 0.5) is 13.2 Å². The minimum Gasteiger partial charge on any atom is -0.410 e. The molecule has 0 unspecified atom stereocenters. The molecule has 2 aromatic carbocycles. The Morgan fingerprint density at radius 1 is 0.967 bits per heavy atom. The molecule has 0 spiro atoms. The molecule has 5 rings (SSSR count). The number of hydrogen-bond donors (Lipinski definition) is 0. The highest BCUT2D eigenvalue weighted by atomic mass is 32.2. The van der Waals surface area contributed by atoms with Crippen LogP contribution in [-0.2, 0) is 24.8 Å². The molecule has 0 bridgehead atoms. The molecular weight excluding hydrogens is 429 g/mol. The molecular formula is C22H15F3N2OS2. The van der Waals surface area contributed by atoms with Gasteiger partial charge in [-0.2, -0.15) is 13.2 Å². The number of benzene rings is 2. The second kappa shape index (κ2) is 7.59. The fourth-order valence-corrected chi connectivity index (χ4v) is 5.43. The molecule has 0 fully saturated rings. The summed E-state index contributed by atoms with van der Waals surface area (Å²) in [4.78, 5) is 2.15. The minimum atomic E-state index is -4.35. The summed E-state index contributed by atoms with van der Waals surface area (Å²) in [6.45, 7) is 0. The predicted octanol–water partition coefficient (Wildman–Crippen LogP) is 6.87. The molecule has 0 radical (unpaired) electrons. The van der Waals surface area contributed by atoms with Crippen LogP contribution in [0.25, 0.3) is 21.2 Å². The zero-order chi connectivity index (χ0) is 20.7. The quantitative estimate of drug-likeness (QED) is 0.322. The number of rotatable bonds is 4. The van der Waals surface area contributed by atoms with Crippen molar-refractivity contribution in [3.8, 4) is 21.2 Å². The van der Waals surface area contributed by atoms with Gasteiger partial charge in [-0.05, 0) is 47.2 Å². The maximum absolute atomic E-state index is 12.9. The van der Waals surface area contributed by atoms with Crippen LogP contribution in [0.2, 0.25) is 0 Å². The molecule has 2 heterocycles. The van der Waals surface area contributed by atoms with Gasteiger partial charge in [0.2, 0.25) is 0 Å². The minimum absolute atomic E-state index is 0.319. The zero-order valence-electron chi connectivity index (χ0n) is 15.6. The van der Waals surface area contributed by atoms with Crippen LogP contribution in [-0.4, -0.2) is 10.2 Å². The Bertz CT molecular complexity index is 1210. The first-order valence-corrected chi connectivity index (χ1v) is 11.1. The Morgan fingerprint density at radius 3 is 2.67 bits per heavy atom. The fraction of sp³-hybridized carbons (Fsp3) is 0.182. The lowest BCUT2D eigenvalue weighted by molar-refractivity contribution is -0.137. The standard InChI is InChI=1S/C22H15F3N2OS2/c23-22(24,25)16-6-3-4-13(10-16)12-29-21-27-26-20(28-21)18-11-15-9-8-14-5-1-2-7-17(14)19(15)30-18/h1-7,10-11H,8-9,12H2. The van der Waals surface area contributed by atoms with Crippen molar-refractivity contribution >= 4 is 23.1 Å². The van der Waals surface area contributed by atoms with Crippen molar-refractivity contribution in [3.05, 3.63) is 76.9 Å². The van der Waals surface area contributed by atoms with E-state index in [1.54, 1.807) is 17.4 Å². The Balaban J connectivity index is 1.33. The largest absolute Gasteiger partial charge is 0.416 e. The van der Waals surface area contributed by atoms with Crippen molar-refractivity contribution in [3.63, 3.8) is 0 Å². The molecule has 30 heavy (non-hydrogen) atoms. The SMILES string of the molecule is FC(F)(F)c1cccc(CSc2nnc(-c3cc4c(s3)-c3ccccc3CC4)o2)c1. The van der Waals surface area contributed by atoms with E-state index in [0.717, 1.165) is 29.9 Å². The lowest BCUT2D eigenvalue weighted by Gasteiger charge is -2.15. The number of halogens is 3. The lowest BCUT2D eigenvalue weighted by Crippen LogP contribution is -2.04. The van der Waals surface area contributed by atoms with E-state index in [9.17, 15) is 13.2 Å². The number of thiophene rings is 1. The highest BCUT2D eigenvalue weighted by Gasteiger charge is 2.30. The molecule has 0 amide bonds. The Hall–Kier alpha value is -2.58. The second-order valence-electron chi connectivity index (χ2n) is 6.98. The molecule has 1 aliphatic carbocycles. The molecule has 8 heteroatoms. The van der Waals surface area contributed by atoms with Crippen molar-refractivity contribution < 1.29 is 17.6 Å². The first-order chi connectivity index (χ1) is 14.5. The summed E-state index contributed by atoms with van der Waals surface area (Å²) in [5.41, 5.74) is 3.79. The highest BCUT2D eigenvalue weighted by Crippen LogP contribution is 2.43. The number of aryl methyl sites for hydroxylation is 2. The molecule has 0 N–H and O–H groups in total. The number of thioether (sulfide) groups is 1. The predicted molar refractivity (Wildman–Crippen MR) is 111 cm³/mol. The van der Waals surface area contributed by atoms with E-state index in [-0.39, 0.29) is 0 Å². The third kappa shape index (κ3) is 3.77. The number of hydrogen-bond acceptors (Lipinski definition) is 5.